The highest BCUT2D eigenvalue weighted by Gasteiger charge is 2.16. The van der Waals surface area contributed by atoms with Gasteiger partial charge in [-0.3, -0.25) is 10.1 Å². The van der Waals surface area contributed by atoms with E-state index in [1.807, 2.05) is 37.3 Å². The Bertz CT molecular complexity index is 725. The molecule has 5 nitrogen and oxygen atoms in total. The standard InChI is InChI=1S/C15H12BrN3O2/c1-10(12-3-2-4-13(16)8-12)18-14-7-11(9-17)5-6-15(14)19(20)21/h2-8,10,18H,1H3. The summed E-state index contributed by atoms with van der Waals surface area (Å²) in [6, 6.07) is 13.8. The minimum atomic E-state index is -0.461. The lowest BCUT2D eigenvalue weighted by molar-refractivity contribution is -0.384. The number of nitro benzene ring substituents is 1. The number of rotatable bonds is 4. The van der Waals surface area contributed by atoms with Crippen LogP contribution in [0, 0.1) is 21.4 Å². The van der Waals surface area contributed by atoms with Crippen molar-refractivity contribution in [1.29, 1.82) is 5.26 Å². The molecule has 0 aromatic heterocycles. The molecule has 6 heteroatoms. The summed E-state index contributed by atoms with van der Waals surface area (Å²) in [5.41, 5.74) is 1.66. The summed E-state index contributed by atoms with van der Waals surface area (Å²) < 4.78 is 0.939. The van der Waals surface area contributed by atoms with Crippen molar-refractivity contribution in [1.82, 2.24) is 0 Å². The van der Waals surface area contributed by atoms with Gasteiger partial charge in [0.25, 0.3) is 5.69 Å². The molecule has 0 heterocycles. The predicted molar refractivity (Wildman–Crippen MR) is 84.0 cm³/mol. The Morgan fingerprint density at radius 1 is 1.33 bits per heavy atom. The van der Waals surface area contributed by atoms with Gasteiger partial charge in [0.2, 0.25) is 0 Å². The van der Waals surface area contributed by atoms with Crippen LogP contribution in [0.4, 0.5) is 11.4 Å². The van der Waals surface area contributed by atoms with E-state index >= 15 is 0 Å². The van der Waals surface area contributed by atoms with Gasteiger partial charge in [-0.15, -0.1) is 0 Å². The van der Waals surface area contributed by atoms with Gasteiger partial charge in [0, 0.05) is 16.6 Å². The monoisotopic (exact) mass is 345 g/mol. The number of anilines is 1. The molecule has 2 aromatic carbocycles. The van der Waals surface area contributed by atoms with Crippen LogP contribution >= 0.6 is 15.9 Å². The first-order valence-electron chi connectivity index (χ1n) is 6.22. The SMILES string of the molecule is CC(Nc1cc(C#N)ccc1[N+](=O)[O-])c1cccc(Br)c1. The van der Waals surface area contributed by atoms with Gasteiger partial charge in [0.1, 0.15) is 5.69 Å². The molecule has 1 atom stereocenters. The van der Waals surface area contributed by atoms with E-state index < -0.39 is 4.92 Å². The van der Waals surface area contributed by atoms with E-state index in [0.29, 0.717) is 11.3 Å². The van der Waals surface area contributed by atoms with Crippen molar-refractivity contribution in [2.45, 2.75) is 13.0 Å². The first-order chi connectivity index (χ1) is 10.0. The Morgan fingerprint density at radius 2 is 2.10 bits per heavy atom. The molecule has 1 unspecified atom stereocenters. The molecule has 2 rings (SSSR count). The fraction of sp³-hybridized carbons (Fsp3) is 0.133. The molecule has 0 amide bonds. The number of nitro groups is 1. The number of hydrogen-bond donors (Lipinski definition) is 1. The molecule has 0 fully saturated rings. The third-order valence-corrected chi connectivity index (χ3v) is 3.54. The van der Waals surface area contributed by atoms with Gasteiger partial charge in [-0.05, 0) is 36.8 Å². The van der Waals surface area contributed by atoms with Crippen molar-refractivity contribution in [2.24, 2.45) is 0 Å². The maximum Gasteiger partial charge on any atom is 0.292 e. The highest BCUT2D eigenvalue weighted by molar-refractivity contribution is 9.10. The summed E-state index contributed by atoms with van der Waals surface area (Å²) in [4.78, 5) is 10.6. The summed E-state index contributed by atoms with van der Waals surface area (Å²) in [5, 5.41) is 23.1. The smallest absolute Gasteiger partial charge is 0.292 e. The molecule has 0 spiro atoms. The molecule has 2 aromatic rings. The zero-order valence-corrected chi connectivity index (χ0v) is 12.8. The second-order valence-electron chi connectivity index (χ2n) is 4.52. The van der Waals surface area contributed by atoms with Gasteiger partial charge in [-0.25, -0.2) is 0 Å². The molecular weight excluding hydrogens is 334 g/mol. The summed E-state index contributed by atoms with van der Waals surface area (Å²) >= 11 is 3.40. The highest BCUT2D eigenvalue weighted by Crippen LogP contribution is 2.29. The number of nitrogens with zero attached hydrogens (tertiary/aromatic N) is 2. The molecule has 0 aliphatic carbocycles. The van der Waals surface area contributed by atoms with Gasteiger partial charge in [-0.1, -0.05) is 28.1 Å². The molecule has 21 heavy (non-hydrogen) atoms. The zero-order chi connectivity index (χ0) is 15.4. The first kappa shape index (κ1) is 15.0. The van der Waals surface area contributed by atoms with Gasteiger partial charge in [0.15, 0.2) is 0 Å². The molecule has 0 aliphatic heterocycles. The molecule has 106 valence electrons. The van der Waals surface area contributed by atoms with E-state index in [-0.39, 0.29) is 11.7 Å². The Kier molecular flexibility index (Phi) is 4.55. The van der Waals surface area contributed by atoms with Crippen LogP contribution in [0.15, 0.2) is 46.9 Å². The maximum atomic E-state index is 11.1. The fourth-order valence-corrected chi connectivity index (χ4v) is 2.39. The quantitative estimate of drug-likeness (QED) is 0.657. The van der Waals surface area contributed by atoms with Crippen molar-refractivity contribution in [3.63, 3.8) is 0 Å². The minimum absolute atomic E-state index is 0.0455. The lowest BCUT2D eigenvalue weighted by atomic mass is 10.1. The largest absolute Gasteiger partial charge is 0.373 e. The Hall–Kier alpha value is -2.39. The Balaban J connectivity index is 2.34. The molecule has 0 saturated heterocycles. The van der Waals surface area contributed by atoms with Crippen LogP contribution in [0.2, 0.25) is 0 Å². The summed E-state index contributed by atoms with van der Waals surface area (Å²) in [7, 11) is 0. The predicted octanol–water partition coefficient (Wildman–Crippen LogP) is 4.40. The first-order valence-corrected chi connectivity index (χ1v) is 7.01. The zero-order valence-electron chi connectivity index (χ0n) is 11.2. The van der Waals surface area contributed by atoms with Gasteiger partial charge in [0.05, 0.1) is 16.6 Å². The number of nitrogens with one attached hydrogen (secondary N) is 1. The Morgan fingerprint density at radius 3 is 2.71 bits per heavy atom. The van der Waals surface area contributed by atoms with Crippen LogP contribution in [0.3, 0.4) is 0 Å². The van der Waals surface area contributed by atoms with Gasteiger partial charge < -0.3 is 5.32 Å². The molecular formula is C15H12BrN3O2. The van der Waals surface area contributed by atoms with Gasteiger partial charge in [-0.2, -0.15) is 5.26 Å². The number of hydrogen-bond acceptors (Lipinski definition) is 4. The van der Waals surface area contributed by atoms with E-state index in [1.54, 1.807) is 0 Å². The van der Waals surface area contributed by atoms with Crippen LogP contribution in [-0.4, -0.2) is 4.92 Å². The Labute approximate surface area is 130 Å². The molecule has 0 bridgehead atoms. The molecule has 0 radical (unpaired) electrons. The van der Waals surface area contributed by atoms with E-state index in [4.69, 9.17) is 5.26 Å². The van der Waals surface area contributed by atoms with E-state index in [9.17, 15) is 10.1 Å². The van der Waals surface area contributed by atoms with Crippen LogP contribution < -0.4 is 5.32 Å². The summed E-state index contributed by atoms with van der Waals surface area (Å²) in [6.07, 6.45) is 0. The van der Waals surface area contributed by atoms with Crippen molar-refractivity contribution in [2.75, 3.05) is 5.32 Å². The van der Waals surface area contributed by atoms with Crippen molar-refractivity contribution >= 4 is 27.3 Å². The summed E-state index contributed by atoms with van der Waals surface area (Å²) in [5.74, 6) is 0. The minimum Gasteiger partial charge on any atom is -0.373 e. The maximum absolute atomic E-state index is 11.1. The number of nitriles is 1. The van der Waals surface area contributed by atoms with E-state index in [0.717, 1.165) is 10.0 Å². The van der Waals surface area contributed by atoms with Crippen molar-refractivity contribution in [3.8, 4) is 6.07 Å². The second kappa shape index (κ2) is 6.37. The average molecular weight is 346 g/mol. The molecule has 1 N–H and O–H groups in total. The lowest BCUT2D eigenvalue weighted by Crippen LogP contribution is -2.08. The number of halogens is 1. The van der Waals surface area contributed by atoms with Crippen molar-refractivity contribution < 1.29 is 4.92 Å². The van der Waals surface area contributed by atoms with Crippen LogP contribution in [0.1, 0.15) is 24.1 Å². The second-order valence-corrected chi connectivity index (χ2v) is 5.44. The topological polar surface area (TPSA) is 79.0 Å². The van der Waals surface area contributed by atoms with Crippen LogP contribution in [0.25, 0.3) is 0 Å². The molecule has 0 aliphatic rings. The van der Waals surface area contributed by atoms with Crippen LogP contribution in [0.5, 0.6) is 0 Å². The third-order valence-electron chi connectivity index (χ3n) is 3.04. The van der Waals surface area contributed by atoms with Crippen LogP contribution in [-0.2, 0) is 0 Å². The van der Waals surface area contributed by atoms with Gasteiger partial charge >= 0.3 is 0 Å². The third kappa shape index (κ3) is 3.58. The summed E-state index contributed by atoms with van der Waals surface area (Å²) in [6.45, 7) is 1.91. The fourth-order valence-electron chi connectivity index (χ4n) is 1.97. The van der Waals surface area contributed by atoms with E-state index in [2.05, 4.69) is 21.2 Å². The normalized spacial score (nSPS) is 11.5. The average Bonchev–Trinajstić information content (AvgIpc) is 2.46. The lowest BCUT2D eigenvalue weighted by Gasteiger charge is -2.16. The highest BCUT2D eigenvalue weighted by atomic mass is 79.9. The molecule has 0 saturated carbocycles. The number of benzene rings is 2. The van der Waals surface area contributed by atoms with E-state index in [1.165, 1.54) is 18.2 Å². The van der Waals surface area contributed by atoms with Crippen molar-refractivity contribution in [3.05, 3.63) is 68.2 Å².